The van der Waals surface area contributed by atoms with Crippen molar-refractivity contribution in [2.24, 2.45) is 0 Å². The summed E-state index contributed by atoms with van der Waals surface area (Å²) in [5.41, 5.74) is 1.39. The van der Waals surface area contributed by atoms with E-state index in [1.807, 2.05) is 13.8 Å². The number of hydrogen-bond acceptors (Lipinski definition) is 3. The second kappa shape index (κ2) is 9.96. The third kappa shape index (κ3) is 7.31. The lowest BCUT2D eigenvalue weighted by Gasteiger charge is -2.20. The van der Waals surface area contributed by atoms with Gasteiger partial charge in [-0.2, -0.15) is 0 Å². The largest absolute Gasteiger partial charge is 0.352 e. The van der Waals surface area contributed by atoms with Crippen LogP contribution < -0.4 is 5.32 Å². The summed E-state index contributed by atoms with van der Waals surface area (Å²) < 4.78 is 11.0. The molecule has 0 saturated heterocycles. The van der Waals surface area contributed by atoms with Gasteiger partial charge in [-0.25, -0.2) is 0 Å². The molecule has 1 N–H and O–H groups in total. The van der Waals surface area contributed by atoms with Crippen LogP contribution in [0.4, 0.5) is 0 Å². The number of benzene rings is 1. The Hall–Kier alpha value is -0.900. The molecule has 0 aliphatic heterocycles. The third-order valence-electron chi connectivity index (χ3n) is 3.05. The Morgan fingerprint density at radius 3 is 2.26 bits per heavy atom. The van der Waals surface area contributed by atoms with E-state index in [2.05, 4.69) is 42.6 Å². The van der Waals surface area contributed by atoms with Crippen LogP contribution >= 0.6 is 0 Å². The minimum atomic E-state index is -0.130. The van der Waals surface area contributed by atoms with Crippen LogP contribution in [0, 0.1) is 0 Å². The van der Waals surface area contributed by atoms with Gasteiger partial charge in [0.1, 0.15) is 0 Å². The van der Waals surface area contributed by atoms with Crippen LogP contribution in [0.5, 0.6) is 0 Å². The second-order valence-corrected chi connectivity index (χ2v) is 4.67. The van der Waals surface area contributed by atoms with E-state index in [1.54, 1.807) is 0 Å². The summed E-state index contributed by atoms with van der Waals surface area (Å²) in [6.07, 6.45) is 2.09. The Bertz CT molecular complexity index is 310. The molecule has 1 unspecified atom stereocenters. The molecule has 0 heterocycles. The number of hydrogen-bond donors (Lipinski definition) is 1. The molecule has 1 aromatic rings. The minimum Gasteiger partial charge on any atom is -0.352 e. The van der Waals surface area contributed by atoms with Gasteiger partial charge in [-0.15, -0.1) is 0 Å². The van der Waals surface area contributed by atoms with Gasteiger partial charge in [0.25, 0.3) is 0 Å². The van der Waals surface area contributed by atoms with Gasteiger partial charge in [0, 0.05) is 25.8 Å². The highest BCUT2D eigenvalue weighted by molar-refractivity contribution is 5.14. The molecule has 0 fully saturated rings. The summed E-state index contributed by atoms with van der Waals surface area (Å²) in [7, 11) is 0. The molecule has 0 aliphatic rings. The lowest BCUT2D eigenvalue weighted by atomic mass is 10.1. The van der Waals surface area contributed by atoms with E-state index in [9.17, 15) is 0 Å². The van der Waals surface area contributed by atoms with Crippen molar-refractivity contribution in [1.82, 2.24) is 5.32 Å². The van der Waals surface area contributed by atoms with Crippen molar-refractivity contribution >= 4 is 0 Å². The molecular weight excluding hydrogens is 238 g/mol. The lowest BCUT2D eigenvalue weighted by Crippen LogP contribution is -2.36. The topological polar surface area (TPSA) is 30.5 Å². The molecule has 0 saturated carbocycles. The Kier molecular flexibility index (Phi) is 8.47. The van der Waals surface area contributed by atoms with Crippen LogP contribution in [0.3, 0.4) is 0 Å². The molecule has 0 amide bonds. The first-order valence-corrected chi connectivity index (χ1v) is 7.26. The molecular formula is C16H27NO2. The maximum Gasteiger partial charge on any atom is 0.169 e. The molecule has 0 bridgehead atoms. The molecule has 3 nitrogen and oxygen atoms in total. The standard InChI is InChI=1S/C16H27NO2/c1-4-18-16(19-5-2)13-17-14(3)11-12-15-9-7-6-8-10-15/h6-10,14,16-17H,4-5,11-13H2,1-3H3. The summed E-state index contributed by atoms with van der Waals surface area (Å²) in [6.45, 7) is 8.31. The fourth-order valence-corrected chi connectivity index (χ4v) is 1.97. The number of rotatable bonds is 10. The molecule has 0 aliphatic carbocycles. The van der Waals surface area contributed by atoms with Gasteiger partial charge < -0.3 is 14.8 Å². The fourth-order valence-electron chi connectivity index (χ4n) is 1.97. The van der Waals surface area contributed by atoms with Crippen molar-refractivity contribution in [2.45, 2.75) is 45.9 Å². The third-order valence-corrected chi connectivity index (χ3v) is 3.05. The lowest BCUT2D eigenvalue weighted by molar-refractivity contribution is -0.133. The van der Waals surface area contributed by atoms with E-state index in [4.69, 9.17) is 9.47 Å². The zero-order valence-corrected chi connectivity index (χ0v) is 12.4. The Morgan fingerprint density at radius 1 is 1.05 bits per heavy atom. The highest BCUT2D eigenvalue weighted by Crippen LogP contribution is 2.05. The predicted molar refractivity (Wildman–Crippen MR) is 79.3 cm³/mol. The van der Waals surface area contributed by atoms with Crippen molar-refractivity contribution in [1.29, 1.82) is 0 Å². The summed E-state index contributed by atoms with van der Waals surface area (Å²) in [6, 6.07) is 11.1. The van der Waals surface area contributed by atoms with E-state index < -0.39 is 0 Å². The van der Waals surface area contributed by atoms with Gasteiger partial charge in [0.2, 0.25) is 0 Å². The summed E-state index contributed by atoms with van der Waals surface area (Å²) >= 11 is 0. The van der Waals surface area contributed by atoms with Crippen LogP contribution in [0.25, 0.3) is 0 Å². The first-order valence-electron chi connectivity index (χ1n) is 7.26. The monoisotopic (exact) mass is 265 g/mol. The van der Waals surface area contributed by atoms with Gasteiger partial charge in [-0.05, 0) is 39.2 Å². The first kappa shape index (κ1) is 16.2. The van der Waals surface area contributed by atoms with Crippen LogP contribution in [0.2, 0.25) is 0 Å². The van der Waals surface area contributed by atoms with E-state index in [1.165, 1.54) is 5.56 Å². The van der Waals surface area contributed by atoms with Crippen molar-refractivity contribution in [2.75, 3.05) is 19.8 Å². The smallest absolute Gasteiger partial charge is 0.169 e. The maximum absolute atomic E-state index is 5.51. The van der Waals surface area contributed by atoms with E-state index in [-0.39, 0.29) is 6.29 Å². The molecule has 108 valence electrons. The minimum absolute atomic E-state index is 0.130. The highest BCUT2D eigenvalue weighted by atomic mass is 16.7. The molecule has 3 heteroatoms. The van der Waals surface area contributed by atoms with E-state index in [0.29, 0.717) is 19.3 Å². The van der Waals surface area contributed by atoms with Crippen molar-refractivity contribution < 1.29 is 9.47 Å². The highest BCUT2D eigenvalue weighted by Gasteiger charge is 2.09. The van der Waals surface area contributed by atoms with Crippen molar-refractivity contribution in [3.8, 4) is 0 Å². The van der Waals surface area contributed by atoms with Crippen molar-refractivity contribution in [3.05, 3.63) is 35.9 Å². The Labute approximate surface area is 117 Å². The van der Waals surface area contributed by atoms with E-state index >= 15 is 0 Å². The molecule has 0 spiro atoms. The van der Waals surface area contributed by atoms with Crippen LogP contribution in [-0.4, -0.2) is 32.1 Å². The normalized spacial score (nSPS) is 12.8. The molecule has 1 rings (SSSR count). The fraction of sp³-hybridized carbons (Fsp3) is 0.625. The van der Waals surface area contributed by atoms with Crippen molar-refractivity contribution in [3.63, 3.8) is 0 Å². The SMILES string of the molecule is CCOC(CNC(C)CCc1ccccc1)OCC. The van der Waals surface area contributed by atoms with Gasteiger partial charge in [-0.3, -0.25) is 0 Å². The summed E-state index contributed by atoms with van der Waals surface area (Å²) in [5.74, 6) is 0. The zero-order valence-electron chi connectivity index (χ0n) is 12.4. The molecule has 0 aromatic heterocycles. The van der Waals surface area contributed by atoms with Gasteiger partial charge in [0.05, 0.1) is 0 Å². The molecule has 1 aromatic carbocycles. The quantitative estimate of drug-likeness (QED) is 0.660. The molecule has 0 radical (unpaired) electrons. The van der Waals surface area contributed by atoms with E-state index in [0.717, 1.165) is 19.4 Å². The van der Waals surface area contributed by atoms with Gasteiger partial charge in [-0.1, -0.05) is 30.3 Å². The van der Waals surface area contributed by atoms with Gasteiger partial charge in [0.15, 0.2) is 6.29 Å². The van der Waals surface area contributed by atoms with Crippen LogP contribution in [0.1, 0.15) is 32.8 Å². The molecule has 1 atom stereocenters. The number of aryl methyl sites for hydroxylation is 1. The summed E-state index contributed by atoms with van der Waals surface area (Å²) in [4.78, 5) is 0. The summed E-state index contributed by atoms with van der Waals surface area (Å²) in [5, 5.41) is 3.47. The van der Waals surface area contributed by atoms with Crippen LogP contribution in [0.15, 0.2) is 30.3 Å². The molecule has 19 heavy (non-hydrogen) atoms. The maximum atomic E-state index is 5.51. The average Bonchev–Trinajstić information content (AvgIpc) is 2.44. The van der Waals surface area contributed by atoms with Crippen LogP contribution in [-0.2, 0) is 15.9 Å². The Morgan fingerprint density at radius 2 is 1.68 bits per heavy atom. The number of nitrogens with one attached hydrogen (secondary N) is 1. The Balaban J connectivity index is 2.21. The van der Waals surface area contributed by atoms with Gasteiger partial charge >= 0.3 is 0 Å². The zero-order chi connectivity index (χ0) is 13.9. The predicted octanol–water partition coefficient (Wildman–Crippen LogP) is 3.00. The number of ether oxygens (including phenoxy) is 2. The second-order valence-electron chi connectivity index (χ2n) is 4.67. The first-order chi connectivity index (χ1) is 9.26. The average molecular weight is 265 g/mol.